The Morgan fingerprint density at radius 2 is 1.43 bits per heavy atom. The molecule has 0 radical (unpaired) electrons. The van der Waals surface area contributed by atoms with Crippen LogP contribution in [0.4, 0.5) is 0 Å². The number of aromatic nitrogens is 1. The van der Waals surface area contributed by atoms with Gasteiger partial charge in [-0.1, -0.05) is 6.07 Å². The Morgan fingerprint density at radius 3 is 1.93 bits per heavy atom. The van der Waals surface area contributed by atoms with Crippen LogP contribution in [0.25, 0.3) is 0 Å². The highest BCUT2D eigenvalue weighted by Gasteiger charge is 2.20. The summed E-state index contributed by atoms with van der Waals surface area (Å²) in [5, 5.41) is 7.32. The van der Waals surface area contributed by atoms with Crippen LogP contribution in [0.15, 0.2) is 24.4 Å². The maximum absolute atomic E-state index is 4.49. The van der Waals surface area contributed by atoms with Crippen LogP contribution in [-0.2, 0) is 6.54 Å². The highest BCUT2D eigenvalue weighted by atomic mass is 35.5. The Kier molecular flexibility index (Phi) is 14.5. The normalized spacial score (nSPS) is 18.2. The lowest BCUT2D eigenvalue weighted by Gasteiger charge is -2.36. The van der Waals surface area contributed by atoms with E-state index >= 15 is 0 Å². The van der Waals surface area contributed by atoms with Crippen molar-refractivity contribution in [3.05, 3.63) is 30.1 Å². The minimum Gasteiger partial charge on any atom is -1.00 e. The number of hydrogen-bond donors (Lipinski definition) is 2. The molecular weight excluding hydrogens is 396 g/mol. The van der Waals surface area contributed by atoms with Crippen LogP contribution >= 0.6 is 0 Å². The summed E-state index contributed by atoms with van der Waals surface area (Å²) in [7, 11) is 0. The fourth-order valence-corrected chi connectivity index (χ4v) is 4.30. The molecule has 2 heterocycles. The summed E-state index contributed by atoms with van der Waals surface area (Å²) in [5.74, 6) is 0. The van der Waals surface area contributed by atoms with Gasteiger partial charge in [0.2, 0.25) is 0 Å². The molecule has 6 nitrogen and oxygen atoms in total. The first-order chi connectivity index (χ1) is 14.2. The molecule has 0 spiro atoms. The summed E-state index contributed by atoms with van der Waals surface area (Å²) in [6, 6.07) is 6.19. The molecular formula is C23H45ClN6. The molecule has 1 aliphatic rings. The van der Waals surface area contributed by atoms with Gasteiger partial charge in [0.1, 0.15) is 0 Å². The van der Waals surface area contributed by atoms with Crippen LogP contribution in [0.3, 0.4) is 0 Å². The molecule has 0 unspecified atom stereocenters. The van der Waals surface area contributed by atoms with E-state index < -0.39 is 0 Å². The van der Waals surface area contributed by atoms with Crippen LogP contribution in [0.1, 0.15) is 32.9 Å². The maximum Gasteiger partial charge on any atom is 0.0798 e. The van der Waals surface area contributed by atoms with Crippen molar-refractivity contribution in [3.8, 4) is 0 Å². The molecule has 0 aromatic carbocycles. The van der Waals surface area contributed by atoms with E-state index in [9.17, 15) is 0 Å². The second kappa shape index (κ2) is 16.0. The Hall–Kier alpha value is -0.760. The van der Waals surface area contributed by atoms with E-state index in [1.165, 1.54) is 43.6 Å². The highest BCUT2D eigenvalue weighted by Crippen LogP contribution is 2.08. The predicted molar refractivity (Wildman–Crippen MR) is 123 cm³/mol. The number of quaternary nitrogens is 1. The summed E-state index contributed by atoms with van der Waals surface area (Å²) in [6.45, 7) is 22.9. The van der Waals surface area contributed by atoms with Crippen molar-refractivity contribution in [2.75, 3.05) is 85.1 Å². The van der Waals surface area contributed by atoms with E-state index in [2.05, 4.69) is 58.3 Å². The van der Waals surface area contributed by atoms with Crippen molar-refractivity contribution >= 4 is 0 Å². The molecule has 2 rings (SSSR count). The van der Waals surface area contributed by atoms with Crippen molar-refractivity contribution < 1.29 is 16.9 Å². The molecule has 1 aromatic heterocycles. The molecule has 174 valence electrons. The zero-order valence-corrected chi connectivity index (χ0v) is 20.3. The van der Waals surface area contributed by atoms with Gasteiger partial charge in [0.25, 0.3) is 0 Å². The van der Waals surface area contributed by atoms with Crippen LogP contribution in [-0.4, -0.2) is 104 Å². The molecule has 2 N–H and O–H groups in total. The van der Waals surface area contributed by atoms with E-state index in [1.807, 2.05) is 12.3 Å². The average molecular weight is 441 g/mol. The zero-order valence-electron chi connectivity index (χ0n) is 19.6. The Morgan fingerprint density at radius 1 is 0.867 bits per heavy atom. The van der Waals surface area contributed by atoms with Crippen molar-refractivity contribution in [3.63, 3.8) is 0 Å². The largest absolute Gasteiger partial charge is 1.00 e. The summed E-state index contributed by atoms with van der Waals surface area (Å²) in [5.41, 5.74) is 1.16. The average Bonchev–Trinajstić information content (AvgIpc) is 2.75. The number of rotatable bonds is 9. The van der Waals surface area contributed by atoms with Crippen LogP contribution in [0, 0.1) is 0 Å². The third-order valence-electron chi connectivity index (χ3n) is 6.65. The maximum atomic E-state index is 4.49. The van der Waals surface area contributed by atoms with E-state index in [1.54, 1.807) is 0 Å². The van der Waals surface area contributed by atoms with Crippen molar-refractivity contribution in [1.29, 1.82) is 0 Å². The van der Waals surface area contributed by atoms with Gasteiger partial charge in [-0.05, 0) is 32.9 Å². The van der Waals surface area contributed by atoms with Gasteiger partial charge in [-0.25, -0.2) is 0 Å². The Balaban J connectivity index is 0.00000450. The minimum absolute atomic E-state index is 0. The molecule has 1 aliphatic heterocycles. The lowest BCUT2D eigenvalue weighted by Crippen LogP contribution is -3.00. The number of halogens is 1. The lowest BCUT2D eigenvalue weighted by molar-refractivity contribution is -0.923. The van der Waals surface area contributed by atoms with Crippen molar-refractivity contribution in [2.45, 2.75) is 33.7 Å². The SMILES string of the molecule is CC[N+](CC)(CC)CCCN1CCNCCN(Cc2ccccn2)CCNCC1.[Cl-]. The van der Waals surface area contributed by atoms with E-state index in [-0.39, 0.29) is 12.4 Å². The van der Waals surface area contributed by atoms with Gasteiger partial charge in [-0.3, -0.25) is 9.88 Å². The summed E-state index contributed by atoms with van der Waals surface area (Å²) in [6.07, 6.45) is 3.19. The molecule has 30 heavy (non-hydrogen) atoms. The van der Waals surface area contributed by atoms with Gasteiger partial charge in [-0.15, -0.1) is 0 Å². The first-order valence-electron chi connectivity index (χ1n) is 11.8. The fourth-order valence-electron chi connectivity index (χ4n) is 4.30. The standard InChI is InChI=1S/C23H45N6.ClH/c1-4-29(5-2,6-3)21-9-16-27-17-12-24-14-19-28(20-15-25-13-18-27)22-23-10-7-8-11-26-23;/h7-8,10-11,24-25H,4-6,9,12-22H2,1-3H3;1H/q+1;/p-1. The molecule has 7 heteroatoms. The van der Waals surface area contributed by atoms with Gasteiger partial charge in [0, 0.05) is 78.1 Å². The van der Waals surface area contributed by atoms with Gasteiger partial charge in [-0.2, -0.15) is 0 Å². The third-order valence-corrected chi connectivity index (χ3v) is 6.65. The van der Waals surface area contributed by atoms with E-state index in [4.69, 9.17) is 0 Å². The number of nitrogens with zero attached hydrogens (tertiary/aromatic N) is 4. The fraction of sp³-hybridized carbons (Fsp3) is 0.783. The Bertz CT molecular complexity index is 503. The number of nitrogens with one attached hydrogen (secondary N) is 2. The van der Waals surface area contributed by atoms with Gasteiger partial charge in [0.05, 0.1) is 31.9 Å². The van der Waals surface area contributed by atoms with Gasteiger partial charge in [0.15, 0.2) is 0 Å². The summed E-state index contributed by atoms with van der Waals surface area (Å²) < 4.78 is 1.26. The molecule has 0 saturated carbocycles. The summed E-state index contributed by atoms with van der Waals surface area (Å²) in [4.78, 5) is 9.63. The van der Waals surface area contributed by atoms with Crippen molar-refractivity contribution in [2.24, 2.45) is 0 Å². The minimum atomic E-state index is 0. The van der Waals surface area contributed by atoms with Crippen molar-refractivity contribution in [1.82, 2.24) is 25.4 Å². The molecule has 0 amide bonds. The van der Waals surface area contributed by atoms with Crippen LogP contribution < -0.4 is 23.0 Å². The topological polar surface area (TPSA) is 43.4 Å². The highest BCUT2D eigenvalue weighted by molar-refractivity contribution is 5.03. The summed E-state index contributed by atoms with van der Waals surface area (Å²) >= 11 is 0. The molecule has 1 fully saturated rings. The predicted octanol–water partition coefficient (Wildman–Crippen LogP) is -1.35. The lowest BCUT2D eigenvalue weighted by atomic mass is 10.2. The van der Waals surface area contributed by atoms with E-state index in [0.29, 0.717) is 0 Å². The molecule has 0 atom stereocenters. The Labute approximate surface area is 191 Å². The first-order valence-corrected chi connectivity index (χ1v) is 11.8. The van der Waals surface area contributed by atoms with Gasteiger partial charge >= 0.3 is 0 Å². The molecule has 0 bridgehead atoms. The van der Waals surface area contributed by atoms with Crippen LogP contribution in [0.5, 0.6) is 0 Å². The third kappa shape index (κ3) is 10.0. The monoisotopic (exact) mass is 440 g/mol. The first kappa shape index (κ1) is 27.3. The smallest absolute Gasteiger partial charge is 0.0798 e. The molecule has 1 aromatic rings. The molecule has 0 aliphatic carbocycles. The van der Waals surface area contributed by atoms with Gasteiger partial charge < -0.3 is 32.4 Å². The molecule has 1 saturated heterocycles. The number of pyridine rings is 1. The number of hydrogen-bond acceptors (Lipinski definition) is 5. The second-order valence-electron chi connectivity index (χ2n) is 8.31. The second-order valence-corrected chi connectivity index (χ2v) is 8.31. The van der Waals surface area contributed by atoms with E-state index in [0.717, 1.165) is 64.6 Å². The van der Waals surface area contributed by atoms with Crippen LogP contribution in [0.2, 0.25) is 0 Å². The quantitative estimate of drug-likeness (QED) is 0.465. The zero-order chi connectivity index (χ0) is 20.8.